The molecule has 1 aliphatic heterocycles. The highest BCUT2D eigenvalue weighted by molar-refractivity contribution is 7.91. The minimum atomic E-state index is -3.40. The number of sulfonamides is 1. The van der Waals surface area contributed by atoms with Crippen molar-refractivity contribution in [2.24, 2.45) is 16.6 Å². The van der Waals surface area contributed by atoms with Gasteiger partial charge in [-0.15, -0.1) is 11.3 Å². The molecular formula is C14H24N4O2S2. The fourth-order valence-corrected chi connectivity index (χ4v) is 4.69. The second-order valence-electron chi connectivity index (χ2n) is 5.67. The van der Waals surface area contributed by atoms with Crippen molar-refractivity contribution in [3.05, 3.63) is 17.5 Å². The van der Waals surface area contributed by atoms with E-state index in [1.165, 1.54) is 15.6 Å². The van der Waals surface area contributed by atoms with Crippen molar-refractivity contribution in [1.82, 2.24) is 9.21 Å². The summed E-state index contributed by atoms with van der Waals surface area (Å²) in [6.07, 6.45) is 2.26. The first-order chi connectivity index (χ1) is 10.4. The predicted octanol–water partition coefficient (Wildman–Crippen LogP) is 1.42. The van der Waals surface area contributed by atoms with Crippen molar-refractivity contribution in [2.75, 3.05) is 33.2 Å². The van der Waals surface area contributed by atoms with Crippen LogP contribution in [-0.4, -0.2) is 56.8 Å². The Labute approximate surface area is 136 Å². The molecule has 2 rings (SSSR count). The first-order valence-corrected chi connectivity index (χ1v) is 9.78. The highest BCUT2D eigenvalue weighted by Gasteiger charge is 2.21. The molecule has 22 heavy (non-hydrogen) atoms. The van der Waals surface area contributed by atoms with Gasteiger partial charge in [0.15, 0.2) is 5.96 Å². The van der Waals surface area contributed by atoms with Gasteiger partial charge in [-0.2, -0.15) is 4.31 Å². The maximum absolute atomic E-state index is 12.3. The van der Waals surface area contributed by atoms with Gasteiger partial charge < -0.3 is 10.6 Å². The van der Waals surface area contributed by atoms with Gasteiger partial charge in [-0.1, -0.05) is 13.0 Å². The normalized spacial score (nSPS) is 18.1. The summed E-state index contributed by atoms with van der Waals surface area (Å²) in [5.74, 6) is 1.26. The quantitative estimate of drug-likeness (QED) is 0.647. The van der Waals surface area contributed by atoms with Crippen LogP contribution in [0.4, 0.5) is 0 Å². The van der Waals surface area contributed by atoms with Gasteiger partial charge in [-0.3, -0.25) is 4.99 Å². The van der Waals surface area contributed by atoms with E-state index in [4.69, 9.17) is 5.73 Å². The van der Waals surface area contributed by atoms with Crippen LogP contribution >= 0.6 is 11.3 Å². The zero-order valence-electron chi connectivity index (χ0n) is 13.1. The lowest BCUT2D eigenvalue weighted by molar-refractivity contribution is 0.277. The number of nitrogens with two attached hydrogens (primary N) is 1. The summed E-state index contributed by atoms with van der Waals surface area (Å²) in [5, 5.41) is 1.76. The van der Waals surface area contributed by atoms with E-state index in [1.807, 2.05) is 0 Å². The fraction of sp³-hybridized carbons (Fsp3) is 0.643. The number of piperidine rings is 1. The van der Waals surface area contributed by atoms with Gasteiger partial charge in [0.2, 0.25) is 0 Å². The molecule has 0 aliphatic carbocycles. The zero-order chi connectivity index (χ0) is 16.2. The van der Waals surface area contributed by atoms with Crippen molar-refractivity contribution in [3.8, 4) is 0 Å². The molecule has 0 bridgehead atoms. The average molecular weight is 345 g/mol. The monoisotopic (exact) mass is 344 g/mol. The maximum atomic E-state index is 12.3. The fourth-order valence-electron chi connectivity index (χ4n) is 2.33. The smallest absolute Gasteiger partial charge is 0.252 e. The van der Waals surface area contributed by atoms with E-state index in [2.05, 4.69) is 16.8 Å². The number of guanidine groups is 1. The molecule has 8 heteroatoms. The summed E-state index contributed by atoms with van der Waals surface area (Å²) in [6.45, 7) is 4.80. The highest BCUT2D eigenvalue weighted by Crippen LogP contribution is 2.19. The number of rotatable bonds is 5. The van der Waals surface area contributed by atoms with Gasteiger partial charge in [0.1, 0.15) is 4.21 Å². The van der Waals surface area contributed by atoms with E-state index in [0.29, 0.717) is 23.3 Å². The van der Waals surface area contributed by atoms with Crippen molar-refractivity contribution < 1.29 is 8.42 Å². The minimum Gasteiger partial charge on any atom is -0.370 e. The minimum absolute atomic E-state index is 0.325. The van der Waals surface area contributed by atoms with Crippen LogP contribution in [0.1, 0.15) is 19.8 Å². The lowest BCUT2D eigenvalue weighted by Crippen LogP contribution is -2.43. The first kappa shape index (κ1) is 17.2. The van der Waals surface area contributed by atoms with Crippen molar-refractivity contribution >= 4 is 27.3 Å². The molecule has 2 heterocycles. The molecule has 1 aromatic heterocycles. The van der Waals surface area contributed by atoms with Gasteiger partial charge in [0, 0.05) is 26.7 Å². The van der Waals surface area contributed by atoms with Gasteiger partial charge in [0.25, 0.3) is 10.0 Å². The SMILES string of the molecule is CC1CCN(C(N)=NCCN(C)S(=O)(=O)c2cccs2)CC1. The van der Waals surface area contributed by atoms with Crippen LogP contribution in [0.15, 0.2) is 26.7 Å². The summed E-state index contributed by atoms with van der Waals surface area (Å²) >= 11 is 1.22. The molecule has 0 saturated carbocycles. The number of likely N-dealkylation sites (tertiary alicyclic amines) is 1. The van der Waals surface area contributed by atoms with Crippen LogP contribution in [0.25, 0.3) is 0 Å². The Hall–Kier alpha value is -1.12. The van der Waals surface area contributed by atoms with Gasteiger partial charge in [-0.05, 0) is 30.2 Å². The third-order valence-corrected chi connectivity index (χ3v) is 7.19. The van der Waals surface area contributed by atoms with Crippen LogP contribution in [0, 0.1) is 5.92 Å². The standard InChI is InChI=1S/C14H24N4O2S2/c1-12-5-8-18(9-6-12)14(15)16-7-10-17(2)22(19,20)13-4-3-11-21-13/h3-4,11-12H,5-10H2,1-2H3,(H2,15,16). The Balaban J connectivity index is 1.86. The highest BCUT2D eigenvalue weighted by atomic mass is 32.2. The van der Waals surface area contributed by atoms with E-state index < -0.39 is 10.0 Å². The van der Waals surface area contributed by atoms with E-state index in [1.54, 1.807) is 24.6 Å². The zero-order valence-corrected chi connectivity index (χ0v) is 14.7. The summed E-state index contributed by atoms with van der Waals surface area (Å²) in [7, 11) is -1.82. The molecule has 0 atom stereocenters. The van der Waals surface area contributed by atoms with E-state index in [0.717, 1.165) is 31.8 Å². The molecule has 0 radical (unpaired) electrons. The third kappa shape index (κ3) is 4.21. The molecule has 0 amide bonds. The Morgan fingerprint density at radius 2 is 2.18 bits per heavy atom. The Kier molecular flexibility index (Phi) is 5.82. The number of hydrogen-bond donors (Lipinski definition) is 1. The molecule has 0 aromatic carbocycles. The molecule has 6 nitrogen and oxygen atoms in total. The molecule has 1 fully saturated rings. The van der Waals surface area contributed by atoms with Crippen LogP contribution in [-0.2, 0) is 10.0 Å². The molecule has 1 saturated heterocycles. The number of thiophene rings is 1. The van der Waals surface area contributed by atoms with Gasteiger partial charge in [-0.25, -0.2) is 8.42 Å². The molecule has 124 valence electrons. The lowest BCUT2D eigenvalue weighted by Gasteiger charge is -2.31. The van der Waals surface area contributed by atoms with Crippen LogP contribution < -0.4 is 5.73 Å². The number of likely N-dealkylation sites (N-methyl/N-ethyl adjacent to an activating group) is 1. The maximum Gasteiger partial charge on any atom is 0.252 e. The van der Waals surface area contributed by atoms with E-state index in [-0.39, 0.29) is 0 Å². The second kappa shape index (κ2) is 7.43. The Morgan fingerprint density at radius 1 is 1.50 bits per heavy atom. The predicted molar refractivity (Wildman–Crippen MR) is 90.6 cm³/mol. The molecular weight excluding hydrogens is 320 g/mol. The molecule has 1 aromatic rings. The number of nitrogens with zero attached hydrogens (tertiary/aromatic N) is 3. The van der Waals surface area contributed by atoms with Crippen LogP contribution in [0.5, 0.6) is 0 Å². The third-order valence-electron chi connectivity index (χ3n) is 3.96. The Morgan fingerprint density at radius 3 is 2.77 bits per heavy atom. The summed E-state index contributed by atoms with van der Waals surface area (Å²) in [6, 6.07) is 3.35. The average Bonchev–Trinajstić information content (AvgIpc) is 3.02. The molecule has 0 spiro atoms. The van der Waals surface area contributed by atoms with Gasteiger partial charge >= 0.3 is 0 Å². The van der Waals surface area contributed by atoms with E-state index in [9.17, 15) is 8.42 Å². The summed E-state index contributed by atoms with van der Waals surface area (Å²) in [4.78, 5) is 6.40. The summed E-state index contributed by atoms with van der Waals surface area (Å²) < 4.78 is 26.2. The number of aliphatic imine (C=N–C) groups is 1. The van der Waals surface area contributed by atoms with Crippen molar-refractivity contribution in [2.45, 2.75) is 24.0 Å². The summed E-state index contributed by atoms with van der Waals surface area (Å²) in [5.41, 5.74) is 5.99. The van der Waals surface area contributed by atoms with Gasteiger partial charge in [0.05, 0.1) is 6.54 Å². The molecule has 2 N–H and O–H groups in total. The Bertz CT molecular complexity index is 590. The lowest BCUT2D eigenvalue weighted by atomic mass is 10.00. The second-order valence-corrected chi connectivity index (χ2v) is 8.89. The van der Waals surface area contributed by atoms with Crippen LogP contribution in [0.2, 0.25) is 0 Å². The van der Waals surface area contributed by atoms with E-state index >= 15 is 0 Å². The largest absolute Gasteiger partial charge is 0.370 e. The number of hydrogen-bond acceptors (Lipinski definition) is 4. The topological polar surface area (TPSA) is 79.0 Å². The first-order valence-electron chi connectivity index (χ1n) is 7.46. The van der Waals surface area contributed by atoms with Crippen molar-refractivity contribution in [1.29, 1.82) is 0 Å². The van der Waals surface area contributed by atoms with Crippen LogP contribution in [0.3, 0.4) is 0 Å². The molecule has 0 unspecified atom stereocenters. The molecule has 1 aliphatic rings. The van der Waals surface area contributed by atoms with Crippen molar-refractivity contribution in [3.63, 3.8) is 0 Å².